The van der Waals surface area contributed by atoms with Crippen LogP contribution in [-0.4, -0.2) is 47.8 Å². The van der Waals surface area contributed by atoms with E-state index >= 15 is 0 Å². The summed E-state index contributed by atoms with van der Waals surface area (Å²) in [6.45, 7) is 6.87. The Bertz CT molecular complexity index is 460. The van der Waals surface area contributed by atoms with Gasteiger partial charge in [0.25, 0.3) is 0 Å². The summed E-state index contributed by atoms with van der Waals surface area (Å²) in [5, 5.41) is 10.6. The number of nitrogens with zero attached hydrogens (tertiary/aromatic N) is 1. The molecule has 2 N–H and O–H groups in total. The molecule has 130 valence electrons. The maximum Gasteiger partial charge on any atom is 0.490 e. The van der Waals surface area contributed by atoms with Crippen LogP contribution in [0.1, 0.15) is 25.3 Å². The maximum atomic E-state index is 10.6. The second-order valence-corrected chi connectivity index (χ2v) is 5.33. The summed E-state index contributed by atoms with van der Waals surface area (Å²) in [6, 6.07) is 11.6. The van der Waals surface area contributed by atoms with Gasteiger partial charge < -0.3 is 10.4 Å². The predicted octanol–water partition coefficient (Wildman–Crippen LogP) is 2.89. The normalized spacial score (nSPS) is 15.9. The van der Waals surface area contributed by atoms with E-state index in [-0.39, 0.29) is 0 Å². The first-order chi connectivity index (χ1) is 10.8. The van der Waals surface area contributed by atoms with Crippen LogP contribution in [-0.2, 0) is 11.3 Å². The van der Waals surface area contributed by atoms with Crippen molar-refractivity contribution in [1.29, 1.82) is 0 Å². The molecule has 0 bridgehead atoms. The first kappa shape index (κ1) is 19.4. The Morgan fingerprint density at radius 3 is 2.22 bits per heavy atom. The quantitative estimate of drug-likeness (QED) is 0.890. The number of nitrogens with one attached hydrogen (secondary N) is 1. The van der Waals surface area contributed by atoms with Gasteiger partial charge in [-0.25, -0.2) is 4.79 Å². The fourth-order valence-corrected chi connectivity index (χ4v) is 2.49. The SMILES string of the molecule is CCN(Cc1ccccc1)C1CCNCC1.O=C(O)C(F)(F)F. The Morgan fingerprint density at radius 2 is 1.78 bits per heavy atom. The van der Waals surface area contributed by atoms with Crippen molar-refractivity contribution in [2.75, 3.05) is 19.6 Å². The van der Waals surface area contributed by atoms with E-state index in [0.29, 0.717) is 0 Å². The first-order valence-electron chi connectivity index (χ1n) is 7.63. The van der Waals surface area contributed by atoms with Gasteiger partial charge in [0, 0.05) is 12.6 Å². The number of benzene rings is 1. The average molecular weight is 332 g/mol. The summed E-state index contributed by atoms with van der Waals surface area (Å²) < 4.78 is 31.7. The number of carboxylic acid groups (broad SMARTS) is 1. The minimum absolute atomic E-state index is 0.770. The van der Waals surface area contributed by atoms with E-state index < -0.39 is 12.1 Å². The number of hydrogen-bond donors (Lipinski definition) is 2. The topological polar surface area (TPSA) is 52.6 Å². The zero-order valence-electron chi connectivity index (χ0n) is 13.1. The molecule has 1 heterocycles. The van der Waals surface area contributed by atoms with E-state index in [0.717, 1.165) is 19.1 Å². The second-order valence-electron chi connectivity index (χ2n) is 5.33. The summed E-state index contributed by atoms with van der Waals surface area (Å²) in [4.78, 5) is 11.5. The molecular formula is C16H23F3N2O2. The molecule has 0 amide bonds. The van der Waals surface area contributed by atoms with Crippen molar-refractivity contribution < 1.29 is 23.1 Å². The maximum absolute atomic E-state index is 10.6. The Hall–Kier alpha value is -1.60. The minimum atomic E-state index is -5.08. The van der Waals surface area contributed by atoms with Gasteiger partial charge in [0.05, 0.1) is 0 Å². The Labute approximate surface area is 134 Å². The number of halogens is 3. The number of alkyl halides is 3. The number of carboxylic acids is 1. The highest BCUT2D eigenvalue weighted by Gasteiger charge is 2.38. The molecule has 23 heavy (non-hydrogen) atoms. The molecule has 1 aliphatic heterocycles. The molecule has 0 aliphatic carbocycles. The van der Waals surface area contributed by atoms with Crippen LogP contribution < -0.4 is 5.32 Å². The number of rotatable bonds is 4. The van der Waals surface area contributed by atoms with E-state index in [1.54, 1.807) is 0 Å². The highest BCUT2D eigenvalue weighted by molar-refractivity contribution is 5.73. The molecule has 4 nitrogen and oxygen atoms in total. The zero-order valence-corrected chi connectivity index (χ0v) is 13.1. The lowest BCUT2D eigenvalue weighted by Crippen LogP contribution is -2.42. The van der Waals surface area contributed by atoms with E-state index in [1.807, 2.05) is 0 Å². The third-order valence-electron chi connectivity index (χ3n) is 3.70. The lowest BCUT2D eigenvalue weighted by molar-refractivity contribution is -0.192. The average Bonchev–Trinajstić information content (AvgIpc) is 2.54. The van der Waals surface area contributed by atoms with Crippen LogP contribution in [0.25, 0.3) is 0 Å². The molecule has 1 aliphatic rings. The van der Waals surface area contributed by atoms with Crippen LogP contribution in [0.3, 0.4) is 0 Å². The zero-order chi connectivity index (χ0) is 17.3. The summed E-state index contributed by atoms with van der Waals surface area (Å²) in [6.07, 6.45) is -2.50. The van der Waals surface area contributed by atoms with Crippen molar-refractivity contribution in [3.05, 3.63) is 35.9 Å². The van der Waals surface area contributed by atoms with E-state index in [4.69, 9.17) is 9.90 Å². The fourth-order valence-electron chi connectivity index (χ4n) is 2.49. The number of hydrogen-bond acceptors (Lipinski definition) is 3. The monoisotopic (exact) mass is 332 g/mol. The first-order valence-corrected chi connectivity index (χ1v) is 7.63. The van der Waals surface area contributed by atoms with Crippen LogP contribution >= 0.6 is 0 Å². The van der Waals surface area contributed by atoms with Gasteiger partial charge in [-0.1, -0.05) is 37.3 Å². The summed E-state index contributed by atoms with van der Waals surface area (Å²) in [5.41, 5.74) is 1.43. The molecule has 7 heteroatoms. The predicted molar refractivity (Wildman–Crippen MR) is 82.1 cm³/mol. The third kappa shape index (κ3) is 7.47. The van der Waals surface area contributed by atoms with Crippen molar-refractivity contribution in [2.45, 2.75) is 38.5 Å². The van der Waals surface area contributed by atoms with Crippen LogP contribution in [0.4, 0.5) is 13.2 Å². The lowest BCUT2D eigenvalue weighted by Gasteiger charge is -2.33. The van der Waals surface area contributed by atoms with E-state index in [2.05, 4.69) is 47.5 Å². The molecule has 1 aromatic carbocycles. The van der Waals surface area contributed by atoms with Crippen LogP contribution in [0.5, 0.6) is 0 Å². The van der Waals surface area contributed by atoms with Crippen molar-refractivity contribution in [2.24, 2.45) is 0 Å². The fraction of sp³-hybridized carbons (Fsp3) is 0.562. The highest BCUT2D eigenvalue weighted by atomic mass is 19.4. The standard InChI is InChI=1S/C14H22N2.C2HF3O2/c1-2-16(14-8-10-15-11-9-14)12-13-6-4-3-5-7-13;3-2(4,5)1(6)7/h3-7,14-15H,2,8-12H2,1H3;(H,6,7). The summed E-state index contributed by atoms with van der Waals surface area (Å²) >= 11 is 0. The molecule has 2 rings (SSSR count). The Balaban J connectivity index is 0.000000322. The summed E-state index contributed by atoms with van der Waals surface area (Å²) in [5.74, 6) is -2.76. The van der Waals surface area contributed by atoms with Gasteiger partial charge in [0.1, 0.15) is 0 Å². The number of piperidine rings is 1. The molecule has 1 saturated heterocycles. The van der Waals surface area contributed by atoms with Gasteiger partial charge in [-0.3, -0.25) is 4.90 Å². The lowest BCUT2D eigenvalue weighted by atomic mass is 10.0. The van der Waals surface area contributed by atoms with Crippen LogP contribution in [0.2, 0.25) is 0 Å². The van der Waals surface area contributed by atoms with Gasteiger partial charge in [-0.05, 0) is 38.0 Å². The molecular weight excluding hydrogens is 309 g/mol. The second kappa shape index (κ2) is 9.52. The Morgan fingerprint density at radius 1 is 1.26 bits per heavy atom. The van der Waals surface area contributed by atoms with Gasteiger partial charge >= 0.3 is 12.1 Å². The van der Waals surface area contributed by atoms with Crippen LogP contribution in [0.15, 0.2) is 30.3 Å². The highest BCUT2D eigenvalue weighted by Crippen LogP contribution is 2.15. The molecule has 1 aromatic rings. The molecule has 0 saturated carbocycles. The molecule has 0 aromatic heterocycles. The van der Waals surface area contributed by atoms with Crippen molar-refractivity contribution in [1.82, 2.24) is 10.2 Å². The van der Waals surface area contributed by atoms with Gasteiger partial charge in [-0.15, -0.1) is 0 Å². The van der Waals surface area contributed by atoms with Gasteiger partial charge in [0.2, 0.25) is 0 Å². The van der Waals surface area contributed by atoms with Crippen molar-refractivity contribution >= 4 is 5.97 Å². The molecule has 0 unspecified atom stereocenters. The largest absolute Gasteiger partial charge is 0.490 e. The summed E-state index contributed by atoms with van der Waals surface area (Å²) in [7, 11) is 0. The minimum Gasteiger partial charge on any atom is -0.475 e. The van der Waals surface area contributed by atoms with E-state index in [1.165, 1.54) is 31.5 Å². The van der Waals surface area contributed by atoms with Gasteiger partial charge in [-0.2, -0.15) is 13.2 Å². The van der Waals surface area contributed by atoms with Gasteiger partial charge in [0.15, 0.2) is 0 Å². The Kier molecular flexibility index (Phi) is 8.05. The molecule has 0 atom stereocenters. The van der Waals surface area contributed by atoms with Crippen molar-refractivity contribution in [3.8, 4) is 0 Å². The molecule has 0 spiro atoms. The van der Waals surface area contributed by atoms with Crippen LogP contribution in [0, 0.1) is 0 Å². The number of carbonyl (C=O) groups is 1. The number of aliphatic carboxylic acids is 1. The molecule has 0 radical (unpaired) electrons. The molecule has 1 fully saturated rings. The smallest absolute Gasteiger partial charge is 0.475 e. The third-order valence-corrected chi connectivity index (χ3v) is 3.70. The van der Waals surface area contributed by atoms with E-state index in [9.17, 15) is 13.2 Å². The van der Waals surface area contributed by atoms with Crippen molar-refractivity contribution in [3.63, 3.8) is 0 Å².